The number of carbonyl (C=O) groups excluding carboxylic acids is 2. The van der Waals surface area contributed by atoms with Crippen molar-refractivity contribution in [2.75, 3.05) is 14.2 Å². The highest BCUT2D eigenvalue weighted by molar-refractivity contribution is 6.02. The summed E-state index contributed by atoms with van der Waals surface area (Å²) in [5.41, 5.74) is 5.04. The van der Waals surface area contributed by atoms with E-state index < -0.39 is 0 Å². The quantitative estimate of drug-likeness (QED) is 0.271. The lowest BCUT2D eigenvalue weighted by molar-refractivity contribution is -0.141. The van der Waals surface area contributed by atoms with E-state index in [2.05, 4.69) is 15.5 Å². The normalized spacial score (nSPS) is 14.0. The van der Waals surface area contributed by atoms with Gasteiger partial charge in [0.15, 0.2) is 12.4 Å². The number of fused-ring (bicyclic) bond motifs is 1. The Morgan fingerprint density at radius 1 is 1.12 bits per heavy atom. The molecule has 0 saturated carbocycles. The van der Waals surface area contributed by atoms with Crippen LogP contribution in [-0.4, -0.2) is 51.2 Å². The third-order valence-electron chi connectivity index (χ3n) is 5.76. The standard InChI is InChI=1S/C24H27N5O5/c1-16-11-20-21(5-4-6-22(20)29(16)14-24(31)33-3)26-34-15-18-12-28(27-25-18)13-23(30)17-7-9-19(32-2)10-8-17/h7-12H,4-6,13-15H2,1-3H3/b26-21+. The lowest BCUT2D eigenvalue weighted by Gasteiger charge is -2.17. The SMILES string of the molecule is COC(=O)Cn1c(C)cc2c1CCC/C2=N\OCc1cn(CC(=O)c2ccc(OC)cc2)nn1. The highest BCUT2D eigenvalue weighted by atomic mass is 16.6. The lowest BCUT2D eigenvalue weighted by atomic mass is 9.96. The average Bonchev–Trinajstić information content (AvgIpc) is 3.43. The maximum absolute atomic E-state index is 12.5. The number of carbonyl (C=O) groups is 2. The molecule has 0 saturated heterocycles. The van der Waals surface area contributed by atoms with Gasteiger partial charge in [-0.25, -0.2) is 4.68 Å². The van der Waals surface area contributed by atoms with E-state index in [9.17, 15) is 9.59 Å². The molecule has 0 N–H and O–H groups in total. The van der Waals surface area contributed by atoms with Crippen molar-refractivity contribution in [2.24, 2.45) is 5.16 Å². The smallest absolute Gasteiger partial charge is 0.325 e. The number of oxime groups is 1. The molecule has 178 valence electrons. The Balaban J connectivity index is 1.37. The number of rotatable bonds is 9. The van der Waals surface area contributed by atoms with Crippen molar-refractivity contribution in [3.8, 4) is 5.75 Å². The zero-order chi connectivity index (χ0) is 24.1. The van der Waals surface area contributed by atoms with Gasteiger partial charge in [-0.15, -0.1) is 5.10 Å². The third-order valence-corrected chi connectivity index (χ3v) is 5.76. The summed E-state index contributed by atoms with van der Waals surface area (Å²) in [4.78, 5) is 29.8. The Labute approximate surface area is 197 Å². The van der Waals surface area contributed by atoms with Crippen molar-refractivity contribution in [1.82, 2.24) is 19.6 Å². The Morgan fingerprint density at radius 2 is 1.91 bits per heavy atom. The topological polar surface area (TPSA) is 110 Å². The largest absolute Gasteiger partial charge is 0.497 e. The van der Waals surface area contributed by atoms with Gasteiger partial charge >= 0.3 is 5.97 Å². The molecule has 2 aromatic heterocycles. The van der Waals surface area contributed by atoms with E-state index in [4.69, 9.17) is 14.3 Å². The number of hydrogen-bond acceptors (Lipinski definition) is 8. The van der Waals surface area contributed by atoms with Crippen LogP contribution in [0.4, 0.5) is 0 Å². The Kier molecular flexibility index (Phi) is 7.05. The summed E-state index contributed by atoms with van der Waals surface area (Å²) in [5, 5.41) is 12.4. The Bertz CT molecular complexity index is 1210. The highest BCUT2D eigenvalue weighted by Crippen LogP contribution is 2.26. The molecular formula is C24H27N5O5. The fourth-order valence-electron chi connectivity index (χ4n) is 3.99. The van der Waals surface area contributed by atoms with E-state index in [-0.39, 0.29) is 31.4 Å². The number of hydrogen-bond donors (Lipinski definition) is 0. The maximum atomic E-state index is 12.5. The fourth-order valence-corrected chi connectivity index (χ4v) is 3.99. The van der Waals surface area contributed by atoms with Gasteiger partial charge in [0.25, 0.3) is 0 Å². The first-order valence-electron chi connectivity index (χ1n) is 11.0. The van der Waals surface area contributed by atoms with E-state index in [0.29, 0.717) is 17.0 Å². The minimum atomic E-state index is -0.282. The van der Waals surface area contributed by atoms with Crippen LogP contribution in [0.2, 0.25) is 0 Å². The van der Waals surface area contributed by atoms with Crippen molar-refractivity contribution in [1.29, 1.82) is 0 Å². The molecule has 1 aliphatic rings. The number of ketones is 1. The summed E-state index contributed by atoms with van der Waals surface area (Å²) >= 11 is 0. The first-order chi connectivity index (χ1) is 16.5. The molecular weight excluding hydrogens is 438 g/mol. The van der Waals surface area contributed by atoms with Gasteiger partial charge in [0, 0.05) is 22.5 Å². The van der Waals surface area contributed by atoms with Crippen LogP contribution >= 0.6 is 0 Å². The second kappa shape index (κ2) is 10.3. The van der Waals surface area contributed by atoms with E-state index >= 15 is 0 Å². The monoisotopic (exact) mass is 465 g/mol. The predicted molar refractivity (Wildman–Crippen MR) is 123 cm³/mol. The molecule has 2 heterocycles. The number of methoxy groups -OCH3 is 2. The highest BCUT2D eigenvalue weighted by Gasteiger charge is 2.23. The molecule has 0 radical (unpaired) electrons. The van der Waals surface area contributed by atoms with Gasteiger partial charge in [-0.2, -0.15) is 0 Å². The summed E-state index contributed by atoms with van der Waals surface area (Å²) < 4.78 is 13.4. The van der Waals surface area contributed by atoms with E-state index in [1.807, 2.05) is 17.6 Å². The zero-order valence-electron chi connectivity index (χ0n) is 19.5. The lowest BCUT2D eigenvalue weighted by Crippen LogP contribution is -2.19. The van der Waals surface area contributed by atoms with Gasteiger partial charge in [0.2, 0.25) is 0 Å². The summed E-state index contributed by atoms with van der Waals surface area (Å²) in [5.74, 6) is 0.329. The van der Waals surface area contributed by atoms with Gasteiger partial charge in [-0.05, 0) is 56.5 Å². The molecule has 0 fully saturated rings. The number of nitrogens with zero attached hydrogens (tertiary/aromatic N) is 5. The van der Waals surface area contributed by atoms with Gasteiger partial charge in [-0.3, -0.25) is 9.59 Å². The molecule has 0 atom stereocenters. The summed E-state index contributed by atoms with van der Waals surface area (Å²) in [6.07, 6.45) is 4.25. The van der Waals surface area contributed by atoms with Crippen LogP contribution in [-0.2, 0) is 40.5 Å². The van der Waals surface area contributed by atoms with Crippen LogP contribution < -0.4 is 4.74 Å². The molecule has 0 aliphatic heterocycles. The molecule has 0 bridgehead atoms. The van der Waals surface area contributed by atoms with E-state index in [1.165, 1.54) is 11.8 Å². The molecule has 4 rings (SSSR count). The zero-order valence-corrected chi connectivity index (χ0v) is 19.5. The van der Waals surface area contributed by atoms with Crippen molar-refractivity contribution < 1.29 is 23.9 Å². The number of ether oxygens (including phenoxy) is 2. The van der Waals surface area contributed by atoms with Crippen molar-refractivity contribution in [2.45, 2.75) is 45.9 Å². The van der Waals surface area contributed by atoms with Gasteiger partial charge in [-0.1, -0.05) is 10.4 Å². The summed E-state index contributed by atoms with van der Waals surface area (Å²) in [6, 6.07) is 8.96. The van der Waals surface area contributed by atoms with E-state index in [1.54, 1.807) is 37.6 Å². The Morgan fingerprint density at radius 3 is 2.65 bits per heavy atom. The molecule has 0 unspecified atom stereocenters. The number of esters is 1. The Hall–Kier alpha value is -3.95. The molecule has 0 amide bonds. The van der Waals surface area contributed by atoms with Gasteiger partial charge in [0.05, 0.1) is 26.1 Å². The van der Waals surface area contributed by atoms with Gasteiger partial charge in [0.1, 0.15) is 24.5 Å². The number of aromatic nitrogens is 4. The fraction of sp³-hybridized carbons (Fsp3) is 0.375. The van der Waals surface area contributed by atoms with E-state index in [0.717, 1.165) is 41.9 Å². The molecule has 34 heavy (non-hydrogen) atoms. The number of Topliss-reactive ketones (excluding diaryl/α,β-unsaturated/α-hetero) is 1. The van der Waals surface area contributed by atoms with Crippen molar-refractivity contribution >= 4 is 17.5 Å². The van der Waals surface area contributed by atoms with Crippen LogP contribution in [0.15, 0.2) is 41.7 Å². The molecule has 10 heteroatoms. The second-order valence-corrected chi connectivity index (χ2v) is 8.03. The average molecular weight is 466 g/mol. The van der Waals surface area contributed by atoms with Crippen molar-refractivity contribution in [3.05, 3.63) is 64.7 Å². The van der Waals surface area contributed by atoms with Gasteiger partial charge < -0.3 is 18.9 Å². The molecule has 3 aromatic rings. The summed E-state index contributed by atoms with van der Waals surface area (Å²) in [6.45, 7) is 2.36. The third kappa shape index (κ3) is 5.16. The minimum absolute atomic E-state index is 0.0736. The first-order valence-corrected chi connectivity index (χ1v) is 11.0. The molecule has 10 nitrogen and oxygen atoms in total. The number of aryl methyl sites for hydroxylation is 1. The van der Waals surface area contributed by atoms with Crippen LogP contribution in [0.1, 0.15) is 45.8 Å². The molecule has 1 aliphatic carbocycles. The van der Waals surface area contributed by atoms with Crippen LogP contribution in [0, 0.1) is 6.92 Å². The molecule has 1 aromatic carbocycles. The van der Waals surface area contributed by atoms with Crippen LogP contribution in [0.3, 0.4) is 0 Å². The van der Waals surface area contributed by atoms with Crippen molar-refractivity contribution in [3.63, 3.8) is 0 Å². The number of benzene rings is 1. The van der Waals surface area contributed by atoms with Crippen LogP contribution in [0.5, 0.6) is 5.75 Å². The molecule has 0 spiro atoms. The summed E-state index contributed by atoms with van der Waals surface area (Å²) in [7, 11) is 2.97. The first kappa shape index (κ1) is 23.2. The predicted octanol–water partition coefficient (Wildman–Crippen LogP) is 2.71. The maximum Gasteiger partial charge on any atom is 0.325 e. The van der Waals surface area contributed by atoms with Crippen LogP contribution in [0.25, 0.3) is 0 Å². The second-order valence-electron chi connectivity index (χ2n) is 8.03. The minimum Gasteiger partial charge on any atom is -0.497 e.